The molecular weight excluding hydrogens is 208 g/mol. The molecule has 1 aromatic carbocycles. The molecule has 0 saturated heterocycles. The van der Waals surface area contributed by atoms with Crippen molar-refractivity contribution < 1.29 is 0 Å². The second kappa shape index (κ2) is 5.65. The maximum Gasteiger partial charge on any atom is 0.0233 e. The lowest BCUT2D eigenvalue weighted by atomic mass is 10.1. The van der Waals surface area contributed by atoms with Crippen LogP contribution in [0.5, 0.6) is 0 Å². The van der Waals surface area contributed by atoms with Gasteiger partial charge in [-0.1, -0.05) is 23.8 Å². The maximum absolute atomic E-state index is 3.56. The summed E-state index contributed by atoms with van der Waals surface area (Å²) in [7, 11) is 2.20. The van der Waals surface area contributed by atoms with E-state index in [1.807, 2.05) is 0 Å². The predicted octanol–water partition coefficient (Wildman–Crippen LogP) is 2.49. The zero-order valence-corrected chi connectivity index (χ0v) is 11.3. The van der Waals surface area contributed by atoms with E-state index in [1.54, 1.807) is 0 Å². The lowest BCUT2D eigenvalue weighted by Gasteiger charge is -2.18. The summed E-state index contributed by atoms with van der Waals surface area (Å²) in [6, 6.07) is 7.56. The summed E-state index contributed by atoms with van der Waals surface area (Å²) in [5, 5.41) is 3.56. The van der Waals surface area contributed by atoms with Crippen molar-refractivity contribution in [2.45, 2.75) is 39.3 Å². The van der Waals surface area contributed by atoms with Gasteiger partial charge in [0.2, 0.25) is 0 Å². The molecule has 1 N–H and O–H groups in total. The molecule has 1 aromatic rings. The highest BCUT2D eigenvalue weighted by atomic mass is 15.1. The van der Waals surface area contributed by atoms with Gasteiger partial charge in [-0.2, -0.15) is 0 Å². The van der Waals surface area contributed by atoms with E-state index in [0.29, 0.717) is 0 Å². The summed E-state index contributed by atoms with van der Waals surface area (Å²) in [4.78, 5) is 2.40. The Morgan fingerprint density at radius 1 is 1.29 bits per heavy atom. The predicted molar refractivity (Wildman–Crippen MR) is 73.3 cm³/mol. The molecule has 0 atom stereocenters. The lowest BCUT2D eigenvalue weighted by molar-refractivity contribution is 0.323. The molecule has 0 amide bonds. The van der Waals surface area contributed by atoms with E-state index in [4.69, 9.17) is 0 Å². The first-order chi connectivity index (χ1) is 8.15. The van der Waals surface area contributed by atoms with Crippen molar-refractivity contribution in [2.75, 3.05) is 20.1 Å². The van der Waals surface area contributed by atoms with E-state index in [2.05, 4.69) is 49.3 Å². The van der Waals surface area contributed by atoms with Crippen LogP contribution in [0.4, 0.5) is 0 Å². The van der Waals surface area contributed by atoms with Gasteiger partial charge in [0, 0.05) is 25.7 Å². The molecule has 1 fully saturated rings. The van der Waals surface area contributed by atoms with Gasteiger partial charge in [-0.3, -0.25) is 0 Å². The molecular formula is C15H24N2. The zero-order valence-electron chi connectivity index (χ0n) is 11.3. The number of hydrogen-bond acceptors (Lipinski definition) is 2. The van der Waals surface area contributed by atoms with Crippen molar-refractivity contribution in [3.63, 3.8) is 0 Å². The van der Waals surface area contributed by atoms with E-state index >= 15 is 0 Å². The summed E-state index contributed by atoms with van der Waals surface area (Å²) in [5.74, 6) is 0. The molecule has 1 saturated carbocycles. The third-order valence-electron chi connectivity index (χ3n) is 3.44. The van der Waals surface area contributed by atoms with E-state index in [1.165, 1.54) is 29.5 Å². The lowest BCUT2D eigenvalue weighted by Crippen LogP contribution is -2.30. The Labute approximate surface area is 105 Å². The Balaban J connectivity index is 1.77. The number of likely N-dealkylation sites (N-methyl/N-ethyl adjacent to an activating group) is 1. The van der Waals surface area contributed by atoms with Crippen molar-refractivity contribution in [2.24, 2.45) is 0 Å². The Bertz CT molecular complexity index is 369. The maximum atomic E-state index is 3.56. The smallest absolute Gasteiger partial charge is 0.0233 e. The summed E-state index contributed by atoms with van der Waals surface area (Å²) in [6.45, 7) is 7.66. The number of hydrogen-bond donors (Lipinski definition) is 1. The van der Waals surface area contributed by atoms with Crippen LogP contribution < -0.4 is 5.32 Å². The Morgan fingerprint density at radius 3 is 2.71 bits per heavy atom. The first-order valence-electron chi connectivity index (χ1n) is 6.63. The van der Waals surface area contributed by atoms with Gasteiger partial charge in [-0.05, 0) is 44.9 Å². The van der Waals surface area contributed by atoms with E-state index in [0.717, 1.165) is 25.7 Å². The minimum absolute atomic E-state index is 0.824. The number of benzene rings is 1. The summed E-state index contributed by atoms with van der Waals surface area (Å²) < 4.78 is 0. The van der Waals surface area contributed by atoms with Gasteiger partial charge in [0.1, 0.15) is 0 Å². The van der Waals surface area contributed by atoms with Gasteiger partial charge in [0.05, 0.1) is 0 Å². The molecule has 0 bridgehead atoms. The molecule has 0 unspecified atom stereocenters. The van der Waals surface area contributed by atoms with Crippen molar-refractivity contribution in [3.05, 3.63) is 34.9 Å². The first kappa shape index (κ1) is 12.6. The van der Waals surface area contributed by atoms with Crippen LogP contribution in [-0.4, -0.2) is 31.1 Å². The van der Waals surface area contributed by atoms with Crippen molar-refractivity contribution in [3.8, 4) is 0 Å². The third kappa shape index (κ3) is 4.14. The van der Waals surface area contributed by atoms with Crippen LogP contribution in [0.2, 0.25) is 0 Å². The molecule has 0 spiro atoms. The van der Waals surface area contributed by atoms with Gasteiger partial charge in [0.25, 0.3) is 0 Å². The highest BCUT2D eigenvalue weighted by Crippen LogP contribution is 2.18. The normalized spacial score (nSPS) is 15.5. The van der Waals surface area contributed by atoms with Gasteiger partial charge in [-0.25, -0.2) is 0 Å². The average Bonchev–Trinajstić information content (AvgIpc) is 3.06. The van der Waals surface area contributed by atoms with Crippen LogP contribution in [0, 0.1) is 13.8 Å². The first-order valence-corrected chi connectivity index (χ1v) is 6.63. The number of nitrogens with zero attached hydrogens (tertiary/aromatic N) is 1. The Hall–Kier alpha value is -0.860. The van der Waals surface area contributed by atoms with Crippen molar-refractivity contribution in [1.82, 2.24) is 10.2 Å². The van der Waals surface area contributed by atoms with E-state index < -0.39 is 0 Å². The minimum atomic E-state index is 0.824. The summed E-state index contributed by atoms with van der Waals surface area (Å²) >= 11 is 0. The molecule has 17 heavy (non-hydrogen) atoms. The molecule has 94 valence electrons. The molecule has 2 nitrogen and oxygen atoms in total. The summed E-state index contributed by atoms with van der Waals surface area (Å²) in [6.07, 6.45) is 2.75. The molecule has 0 aromatic heterocycles. The third-order valence-corrected chi connectivity index (χ3v) is 3.44. The fraction of sp³-hybridized carbons (Fsp3) is 0.600. The molecule has 0 heterocycles. The van der Waals surface area contributed by atoms with Crippen molar-refractivity contribution >= 4 is 0 Å². The SMILES string of the molecule is Cc1ccc(CN(C)CCNC2CC2)c(C)c1. The largest absolute Gasteiger partial charge is 0.313 e. The second-order valence-corrected chi connectivity index (χ2v) is 5.40. The monoisotopic (exact) mass is 232 g/mol. The highest BCUT2D eigenvalue weighted by molar-refractivity contribution is 5.30. The molecule has 1 aliphatic rings. The second-order valence-electron chi connectivity index (χ2n) is 5.40. The van der Waals surface area contributed by atoms with E-state index in [-0.39, 0.29) is 0 Å². The standard InChI is InChI=1S/C15H24N2/c1-12-4-5-14(13(2)10-12)11-17(3)9-8-16-15-6-7-15/h4-5,10,15-16H,6-9,11H2,1-3H3. The van der Waals surface area contributed by atoms with Gasteiger partial charge >= 0.3 is 0 Å². The van der Waals surface area contributed by atoms with Crippen molar-refractivity contribution in [1.29, 1.82) is 0 Å². The Morgan fingerprint density at radius 2 is 2.06 bits per heavy atom. The van der Waals surface area contributed by atoms with Crippen LogP contribution in [0.15, 0.2) is 18.2 Å². The Kier molecular flexibility index (Phi) is 4.19. The minimum Gasteiger partial charge on any atom is -0.313 e. The van der Waals surface area contributed by atoms with Gasteiger partial charge in [0.15, 0.2) is 0 Å². The van der Waals surface area contributed by atoms with Gasteiger partial charge in [-0.15, -0.1) is 0 Å². The quantitative estimate of drug-likeness (QED) is 0.810. The van der Waals surface area contributed by atoms with Crippen LogP contribution in [0.3, 0.4) is 0 Å². The number of rotatable bonds is 6. The molecule has 0 radical (unpaired) electrons. The van der Waals surface area contributed by atoms with E-state index in [9.17, 15) is 0 Å². The molecule has 0 aliphatic heterocycles. The van der Waals surface area contributed by atoms with Crippen LogP contribution in [0.25, 0.3) is 0 Å². The fourth-order valence-corrected chi connectivity index (χ4v) is 2.14. The van der Waals surface area contributed by atoms with Crippen LogP contribution in [0.1, 0.15) is 29.5 Å². The number of aryl methyl sites for hydroxylation is 2. The molecule has 2 heteroatoms. The topological polar surface area (TPSA) is 15.3 Å². The summed E-state index contributed by atoms with van der Waals surface area (Å²) in [5.41, 5.74) is 4.21. The average molecular weight is 232 g/mol. The number of nitrogens with one attached hydrogen (secondary N) is 1. The van der Waals surface area contributed by atoms with Crippen LogP contribution >= 0.6 is 0 Å². The molecule has 1 aliphatic carbocycles. The van der Waals surface area contributed by atoms with Crippen LogP contribution in [-0.2, 0) is 6.54 Å². The fourth-order valence-electron chi connectivity index (χ4n) is 2.14. The zero-order chi connectivity index (χ0) is 12.3. The molecule has 2 rings (SSSR count). The van der Waals surface area contributed by atoms with Gasteiger partial charge < -0.3 is 10.2 Å². The highest BCUT2D eigenvalue weighted by Gasteiger charge is 2.19.